The molecule has 0 atom stereocenters. The van der Waals surface area contributed by atoms with Crippen molar-refractivity contribution in [2.45, 2.75) is 24.0 Å². The van der Waals surface area contributed by atoms with Crippen LogP contribution in [0.4, 0.5) is 0 Å². The number of thioether (sulfide) groups is 1. The van der Waals surface area contributed by atoms with Crippen LogP contribution in [0.1, 0.15) is 6.42 Å². The number of nitrogens with zero attached hydrogens (tertiary/aromatic N) is 4. The summed E-state index contributed by atoms with van der Waals surface area (Å²) < 4.78 is 2.07. The predicted molar refractivity (Wildman–Crippen MR) is 62.3 cm³/mol. The lowest BCUT2D eigenvalue weighted by Gasteiger charge is -2.01. The first-order valence-electron chi connectivity index (χ1n) is 4.71. The third-order valence-electron chi connectivity index (χ3n) is 2.14. The molecule has 77 valence electrons. The molecule has 0 aliphatic rings. The van der Waals surface area contributed by atoms with E-state index in [-0.39, 0.29) is 0 Å². The summed E-state index contributed by atoms with van der Waals surface area (Å²) in [7, 11) is 3.46. The second kappa shape index (κ2) is 4.76. The molecule has 0 saturated heterocycles. The monoisotopic (exact) mass is 235 g/mol. The SMILES string of the molecule is CSc1ncnc2c1ncn2CCC[Si]. The molecule has 0 unspecified atom stereocenters. The summed E-state index contributed by atoms with van der Waals surface area (Å²) in [6.07, 6.45) is 6.50. The maximum absolute atomic E-state index is 4.34. The molecule has 6 heteroatoms. The molecule has 2 heterocycles. The van der Waals surface area contributed by atoms with Gasteiger partial charge in [-0.2, -0.15) is 0 Å². The highest BCUT2D eigenvalue weighted by molar-refractivity contribution is 7.98. The molecular weight excluding hydrogens is 224 g/mol. The second-order valence-corrected chi connectivity index (χ2v) is 4.39. The first-order valence-corrected chi connectivity index (χ1v) is 6.64. The fourth-order valence-electron chi connectivity index (χ4n) is 1.42. The molecule has 2 rings (SSSR count). The summed E-state index contributed by atoms with van der Waals surface area (Å²) in [5, 5.41) is 0.942. The summed E-state index contributed by atoms with van der Waals surface area (Å²) in [4.78, 5) is 12.8. The Morgan fingerprint density at radius 3 is 3.00 bits per heavy atom. The molecule has 15 heavy (non-hydrogen) atoms. The van der Waals surface area contributed by atoms with E-state index in [4.69, 9.17) is 0 Å². The van der Waals surface area contributed by atoms with Gasteiger partial charge < -0.3 is 4.57 Å². The van der Waals surface area contributed by atoms with Crippen molar-refractivity contribution in [1.82, 2.24) is 19.5 Å². The van der Waals surface area contributed by atoms with Gasteiger partial charge in [-0.15, -0.1) is 11.8 Å². The zero-order valence-electron chi connectivity index (χ0n) is 8.47. The Morgan fingerprint density at radius 2 is 2.27 bits per heavy atom. The third-order valence-corrected chi connectivity index (χ3v) is 3.18. The second-order valence-electron chi connectivity index (χ2n) is 3.10. The number of hydrogen-bond donors (Lipinski definition) is 0. The van der Waals surface area contributed by atoms with Crippen LogP contribution in [-0.2, 0) is 6.54 Å². The van der Waals surface area contributed by atoms with Crippen LogP contribution in [0.25, 0.3) is 11.2 Å². The van der Waals surface area contributed by atoms with Gasteiger partial charge in [0.05, 0.1) is 6.33 Å². The van der Waals surface area contributed by atoms with Gasteiger partial charge in [0.2, 0.25) is 0 Å². The summed E-state index contributed by atoms with van der Waals surface area (Å²) in [5.41, 5.74) is 1.83. The van der Waals surface area contributed by atoms with Gasteiger partial charge >= 0.3 is 0 Å². The largest absolute Gasteiger partial charge is 0.315 e. The molecule has 4 nitrogen and oxygen atoms in total. The van der Waals surface area contributed by atoms with E-state index >= 15 is 0 Å². The van der Waals surface area contributed by atoms with E-state index in [1.807, 2.05) is 12.6 Å². The molecule has 0 spiro atoms. The number of imidazole rings is 1. The van der Waals surface area contributed by atoms with Crippen molar-refractivity contribution < 1.29 is 0 Å². The van der Waals surface area contributed by atoms with Crippen molar-refractivity contribution in [3.63, 3.8) is 0 Å². The molecule has 0 bridgehead atoms. The molecule has 0 N–H and O–H groups in total. The fraction of sp³-hybridized carbons (Fsp3) is 0.444. The van der Waals surface area contributed by atoms with Gasteiger partial charge in [0.25, 0.3) is 0 Å². The zero-order valence-corrected chi connectivity index (χ0v) is 10.3. The van der Waals surface area contributed by atoms with Crippen LogP contribution in [-0.4, -0.2) is 36.0 Å². The Labute approximate surface area is 95.9 Å². The lowest BCUT2D eigenvalue weighted by Crippen LogP contribution is -1.97. The van der Waals surface area contributed by atoms with Crippen molar-refractivity contribution in [3.05, 3.63) is 12.7 Å². The standard InChI is InChI=1S/C9H11N4SSi/c1-14-9-7-8(10-5-11-9)13(6-12-7)3-2-4-15/h5-6H,2-4H2,1H3. The van der Waals surface area contributed by atoms with E-state index < -0.39 is 0 Å². The van der Waals surface area contributed by atoms with Crippen molar-refractivity contribution >= 4 is 33.2 Å². The van der Waals surface area contributed by atoms with E-state index in [2.05, 4.69) is 29.8 Å². The van der Waals surface area contributed by atoms with Gasteiger partial charge in [0.15, 0.2) is 5.65 Å². The van der Waals surface area contributed by atoms with E-state index in [1.165, 1.54) is 0 Å². The lowest BCUT2D eigenvalue weighted by molar-refractivity contribution is 0.690. The number of fused-ring (bicyclic) bond motifs is 1. The molecule has 0 aliphatic carbocycles. The zero-order chi connectivity index (χ0) is 10.7. The molecule has 2 aromatic rings. The highest BCUT2D eigenvalue weighted by Gasteiger charge is 2.08. The minimum absolute atomic E-state index is 0.902. The normalized spacial score (nSPS) is 11.1. The summed E-state index contributed by atoms with van der Waals surface area (Å²) in [6, 6.07) is 0.986. The van der Waals surface area contributed by atoms with Crippen LogP contribution in [0, 0.1) is 0 Å². The summed E-state index contributed by atoms with van der Waals surface area (Å²) in [6.45, 7) is 0.935. The summed E-state index contributed by atoms with van der Waals surface area (Å²) in [5.74, 6) is 0. The lowest BCUT2D eigenvalue weighted by atomic mass is 10.4. The first kappa shape index (κ1) is 10.6. The number of aromatic nitrogens is 4. The van der Waals surface area contributed by atoms with Crippen molar-refractivity contribution in [2.24, 2.45) is 0 Å². The Bertz CT molecular complexity index is 456. The Morgan fingerprint density at radius 1 is 1.40 bits per heavy atom. The van der Waals surface area contributed by atoms with Gasteiger partial charge in [0.1, 0.15) is 16.9 Å². The molecule has 0 aliphatic heterocycles. The van der Waals surface area contributed by atoms with E-state index in [0.29, 0.717) is 0 Å². The van der Waals surface area contributed by atoms with Crippen molar-refractivity contribution in [1.29, 1.82) is 0 Å². The predicted octanol–water partition coefficient (Wildman–Crippen LogP) is 1.53. The van der Waals surface area contributed by atoms with Crippen LogP contribution in [0.2, 0.25) is 6.04 Å². The van der Waals surface area contributed by atoms with Crippen molar-refractivity contribution in [3.8, 4) is 0 Å². The number of rotatable bonds is 4. The molecule has 0 amide bonds. The highest BCUT2D eigenvalue weighted by atomic mass is 32.2. The molecule has 0 saturated carbocycles. The van der Waals surface area contributed by atoms with Crippen LogP contribution < -0.4 is 0 Å². The highest BCUT2D eigenvalue weighted by Crippen LogP contribution is 2.20. The van der Waals surface area contributed by atoms with Gasteiger partial charge in [-0.25, -0.2) is 15.0 Å². The topological polar surface area (TPSA) is 43.6 Å². The molecule has 0 fully saturated rings. The molecule has 0 aromatic carbocycles. The number of aryl methyl sites for hydroxylation is 1. The van der Waals surface area contributed by atoms with Crippen LogP contribution in [0.15, 0.2) is 17.7 Å². The maximum atomic E-state index is 4.34. The van der Waals surface area contributed by atoms with Gasteiger partial charge in [-0.3, -0.25) is 0 Å². The Kier molecular flexibility index (Phi) is 3.37. The fourth-order valence-corrected chi connectivity index (χ4v) is 2.07. The van der Waals surface area contributed by atoms with E-state index in [0.717, 1.165) is 35.2 Å². The minimum atomic E-state index is 0.902. The van der Waals surface area contributed by atoms with Crippen molar-refractivity contribution in [2.75, 3.05) is 6.26 Å². The molecular formula is C9H11N4SSi. The van der Waals surface area contributed by atoms with Crippen LogP contribution >= 0.6 is 11.8 Å². The minimum Gasteiger partial charge on any atom is -0.315 e. The van der Waals surface area contributed by atoms with Gasteiger partial charge in [-0.05, 0) is 12.7 Å². The Hall–Kier alpha value is -0.883. The van der Waals surface area contributed by atoms with Crippen LogP contribution in [0.5, 0.6) is 0 Å². The van der Waals surface area contributed by atoms with E-state index in [9.17, 15) is 0 Å². The smallest absolute Gasteiger partial charge is 0.164 e. The average molecular weight is 235 g/mol. The maximum Gasteiger partial charge on any atom is 0.164 e. The summed E-state index contributed by atoms with van der Waals surface area (Å²) >= 11 is 1.60. The quantitative estimate of drug-likeness (QED) is 0.458. The molecule has 2 aromatic heterocycles. The number of hydrogen-bond acceptors (Lipinski definition) is 4. The van der Waals surface area contributed by atoms with E-state index in [1.54, 1.807) is 18.1 Å². The average Bonchev–Trinajstić information content (AvgIpc) is 2.69. The Balaban J connectivity index is 2.42. The van der Waals surface area contributed by atoms with Gasteiger partial charge in [0, 0.05) is 16.8 Å². The van der Waals surface area contributed by atoms with Crippen LogP contribution in [0.3, 0.4) is 0 Å². The molecule has 3 radical (unpaired) electrons. The van der Waals surface area contributed by atoms with Gasteiger partial charge in [-0.1, -0.05) is 6.04 Å². The third kappa shape index (κ3) is 2.05. The first-order chi connectivity index (χ1) is 7.36.